The van der Waals surface area contributed by atoms with Gasteiger partial charge in [-0.2, -0.15) is 0 Å². The Morgan fingerprint density at radius 1 is 0.870 bits per heavy atom. The van der Waals surface area contributed by atoms with Gasteiger partial charge in [0.15, 0.2) is 0 Å². The van der Waals surface area contributed by atoms with E-state index < -0.39 is 18.7 Å². The summed E-state index contributed by atoms with van der Waals surface area (Å²) in [6, 6.07) is 3.13. The summed E-state index contributed by atoms with van der Waals surface area (Å²) in [4.78, 5) is 18.9. The van der Waals surface area contributed by atoms with E-state index >= 15 is 4.39 Å². The number of hydrogen-bond donors (Lipinski definition) is 2. The predicted molar refractivity (Wildman–Crippen MR) is 89.7 cm³/mol. The smallest absolute Gasteiger partial charge is 0.321 e. The largest absolute Gasteiger partial charge is 0.359 e. The zero-order valence-corrected chi connectivity index (χ0v) is 14.4. The summed E-state index contributed by atoms with van der Waals surface area (Å²) in [5.41, 5.74) is 1.64. The van der Waals surface area contributed by atoms with E-state index in [0.717, 1.165) is 56.9 Å². The summed E-state index contributed by atoms with van der Waals surface area (Å²) in [5, 5.41) is -0.419. The maximum absolute atomic E-state index is 15.1. The topological polar surface area (TPSA) is 57.5 Å². The molecule has 0 aliphatic heterocycles. The first-order chi connectivity index (χ1) is 11.0. The summed E-state index contributed by atoms with van der Waals surface area (Å²) >= 11 is 0. The normalized spacial score (nSPS) is 21.5. The van der Waals surface area contributed by atoms with Gasteiger partial charge in [-0.05, 0) is 54.7 Å². The minimum Gasteiger partial charge on any atom is -0.321 e. The molecule has 0 saturated heterocycles. The number of rotatable bonds is 3. The molecule has 2 N–H and O–H groups in total. The molecule has 2 aliphatic rings. The molecule has 0 aromatic heterocycles. The average molecular weight is 340 g/mol. The maximum atomic E-state index is 15.1. The van der Waals surface area contributed by atoms with Crippen LogP contribution in [0.25, 0.3) is 0 Å². The van der Waals surface area contributed by atoms with Crippen LogP contribution in [0.5, 0.6) is 0 Å². The highest BCUT2D eigenvalue weighted by molar-refractivity contribution is 7.60. The van der Waals surface area contributed by atoms with Crippen molar-refractivity contribution in [1.29, 1.82) is 0 Å². The van der Waals surface area contributed by atoms with Crippen molar-refractivity contribution in [2.45, 2.75) is 76.0 Å². The van der Waals surface area contributed by atoms with E-state index in [2.05, 4.69) is 0 Å². The SMILES string of the molecule is O=P(O)(O)c1ccc(C2CCCCC2)c(C2CCCCC2)c1F. The van der Waals surface area contributed by atoms with Gasteiger partial charge < -0.3 is 9.79 Å². The molecule has 3 rings (SSSR count). The van der Waals surface area contributed by atoms with Crippen molar-refractivity contribution in [1.82, 2.24) is 0 Å². The second-order valence-corrected chi connectivity index (χ2v) is 8.69. The molecule has 3 nitrogen and oxygen atoms in total. The summed E-state index contributed by atoms with van der Waals surface area (Å²) in [6.07, 6.45) is 10.9. The number of benzene rings is 1. The lowest BCUT2D eigenvalue weighted by atomic mass is 9.76. The molecule has 1 aromatic carbocycles. The zero-order chi connectivity index (χ0) is 16.4. The van der Waals surface area contributed by atoms with Gasteiger partial charge in [-0.1, -0.05) is 44.6 Å². The van der Waals surface area contributed by atoms with Crippen LogP contribution in [0.1, 0.15) is 87.2 Å². The predicted octanol–water partition coefficient (Wildman–Crippen LogP) is 4.72. The lowest BCUT2D eigenvalue weighted by molar-refractivity contribution is 0.383. The van der Waals surface area contributed by atoms with Gasteiger partial charge in [0, 0.05) is 0 Å². The molecule has 2 saturated carbocycles. The Labute approximate surface area is 137 Å². The molecule has 0 atom stereocenters. The lowest BCUT2D eigenvalue weighted by Gasteiger charge is -2.30. The third kappa shape index (κ3) is 3.70. The monoisotopic (exact) mass is 340 g/mol. The van der Waals surface area contributed by atoms with Crippen LogP contribution in [0.2, 0.25) is 0 Å². The lowest BCUT2D eigenvalue weighted by Crippen LogP contribution is -2.20. The van der Waals surface area contributed by atoms with E-state index in [1.54, 1.807) is 6.07 Å². The van der Waals surface area contributed by atoms with Crippen molar-refractivity contribution in [3.63, 3.8) is 0 Å². The van der Waals surface area contributed by atoms with Crippen LogP contribution >= 0.6 is 7.60 Å². The molecule has 23 heavy (non-hydrogen) atoms. The van der Waals surface area contributed by atoms with E-state index in [9.17, 15) is 14.4 Å². The Balaban J connectivity index is 2.07. The second-order valence-electron chi connectivity index (χ2n) is 7.12. The van der Waals surface area contributed by atoms with Crippen molar-refractivity contribution < 1.29 is 18.7 Å². The van der Waals surface area contributed by atoms with Crippen molar-refractivity contribution in [2.24, 2.45) is 0 Å². The Hall–Kier alpha value is -0.700. The first-order valence-corrected chi connectivity index (χ1v) is 10.5. The van der Waals surface area contributed by atoms with E-state index in [1.165, 1.54) is 18.9 Å². The van der Waals surface area contributed by atoms with Gasteiger partial charge in [0.2, 0.25) is 0 Å². The molecular weight excluding hydrogens is 314 g/mol. The highest BCUT2D eigenvalue weighted by Gasteiger charge is 2.32. The van der Waals surface area contributed by atoms with Crippen molar-refractivity contribution in [3.05, 3.63) is 29.1 Å². The zero-order valence-electron chi connectivity index (χ0n) is 13.5. The van der Waals surface area contributed by atoms with Crippen LogP contribution in [0.15, 0.2) is 12.1 Å². The first-order valence-electron chi connectivity index (χ1n) is 8.87. The summed E-state index contributed by atoms with van der Waals surface area (Å²) in [5.74, 6) is -0.165. The van der Waals surface area contributed by atoms with E-state index in [0.29, 0.717) is 11.5 Å². The molecule has 5 heteroatoms. The minimum absolute atomic E-state index is 0.118. The van der Waals surface area contributed by atoms with Gasteiger partial charge >= 0.3 is 7.60 Å². The molecule has 0 heterocycles. The fourth-order valence-corrected chi connectivity index (χ4v) is 5.04. The fourth-order valence-electron chi connectivity index (χ4n) is 4.40. The van der Waals surface area contributed by atoms with Crippen molar-refractivity contribution in [3.8, 4) is 0 Å². The summed E-state index contributed by atoms with van der Waals surface area (Å²) in [6.45, 7) is 0. The van der Waals surface area contributed by atoms with Crippen molar-refractivity contribution in [2.75, 3.05) is 0 Å². The molecule has 128 valence electrons. The molecule has 2 fully saturated rings. The van der Waals surface area contributed by atoms with Gasteiger partial charge in [-0.25, -0.2) is 4.39 Å². The summed E-state index contributed by atoms with van der Waals surface area (Å²) in [7, 11) is -4.57. The van der Waals surface area contributed by atoms with Crippen LogP contribution in [-0.2, 0) is 4.57 Å². The van der Waals surface area contributed by atoms with Crippen LogP contribution in [-0.4, -0.2) is 9.79 Å². The van der Waals surface area contributed by atoms with E-state index in [1.807, 2.05) is 0 Å². The highest BCUT2D eigenvalue weighted by atomic mass is 31.2. The quantitative estimate of drug-likeness (QED) is 0.783. The fraction of sp³-hybridized carbons (Fsp3) is 0.667. The van der Waals surface area contributed by atoms with Crippen LogP contribution in [0, 0.1) is 5.82 Å². The van der Waals surface area contributed by atoms with Crippen LogP contribution in [0.4, 0.5) is 4.39 Å². The molecule has 1 aromatic rings. The third-order valence-corrected chi connectivity index (χ3v) is 6.54. The Kier molecular flexibility index (Phi) is 5.25. The van der Waals surface area contributed by atoms with Crippen LogP contribution < -0.4 is 5.30 Å². The standard InChI is InChI=1S/C18H26FO3P/c19-18-16(23(20,21)22)12-11-15(13-7-3-1-4-8-13)17(18)14-9-5-2-6-10-14/h11-14H,1-10H2,(H2,20,21,22). The van der Waals surface area contributed by atoms with Crippen molar-refractivity contribution >= 4 is 12.9 Å². The van der Waals surface area contributed by atoms with E-state index in [4.69, 9.17) is 0 Å². The Bertz CT molecular complexity index is 599. The molecule has 0 amide bonds. The highest BCUT2D eigenvalue weighted by Crippen LogP contribution is 2.44. The molecule has 2 aliphatic carbocycles. The minimum atomic E-state index is -4.57. The van der Waals surface area contributed by atoms with Gasteiger partial charge in [0.1, 0.15) is 5.82 Å². The summed E-state index contributed by atoms with van der Waals surface area (Å²) < 4.78 is 26.7. The van der Waals surface area contributed by atoms with Gasteiger partial charge in [0.25, 0.3) is 0 Å². The first kappa shape index (κ1) is 17.1. The number of halogens is 1. The van der Waals surface area contributed by atoms with Gasteiger partial charge in [0.05, 0.1) is 5.30 Å². The maximum Gasteiger partial charge on any atom is 0.359 e. The Morgan fingerprint density at radius 3 is 1.91 bits per heavy atom. The average Bonchev–Trinajstić information content (AvgIpc) is 2.55. The third-order valence-electron chi connectivity index (χ3n) is 5.57. The van der Waals surface area contributed by atoms with Gasteiger partial charge in [-0.3, -0.25) is 4.57 Å². The molecule has 0 spiro atoms. The molecule has 0 radical (unpaired) electrons. The van der Waals surface area contributed by atoms with Crippen LogP contribution in [0.3, 0.4) is 0 Å². The Morgan fingerprint density at radius 2 is 1.39 bits per heavy atom. The molecular formula is C18H26FO3P. The van der Waals surface area contributed by atoms with Gasteiger partial charge in [-0.15, -0.1) is 0 Å². The van der Waals surface area contributed by atoms with E-state index in [-0.39, 0.29) is 5.92 Å². The molecule has 0 bridgehead atoms. The number of hydrogen-bond acceptors (Lipinski definition) is 1. The second kappa shape index (κ2) is 7.04. The molecule has 0 unspecified atom stereocenters.